The number of rotatable bonds is 8. The number of aliphatic hydroxyl groups is 2. The number of hydrogen-bond acceptors (Lipinski definition) is 2. The third kappa shape index (κ3) is 13.0. The van der Waals surface area contributed by atoms with E-state index in [0.717, 1.165) is 51.4 Å². The van der Waals surface area contributed by atoms with Gasteiger partial charge < -0.3 is 10.2 Å². The van der Waals surface area contributed by atoms with Gasteiger partial charge in [-0.3, -0.25) is 0 Å². The van der Waals surface area contributed by atoms with Gasteiger partial charge in [-0.2, -0.15) is 0 Å². The van der Waals surface area contributed by atoms with Gasteiger partial charge in [0.25, 0.3) is 0 Å². The highest BCUT2D eigenvalue weighted by atomic mass is 16.3. The Morgan fingerprint density at radius 1 is 0.562 bits per heavy atom. The molecule has 0 rings (SSSR count). The van der Waals surface area contributed by atoms with Gasteiger partial charge in [0.15, 0.2) is 0 Å². The van der Waals surface area contributed by atoms with E-state index in [1.54, 1.807) is 0 Å². The molecule has 90 valence electrons. The molecule has 0 saturated carbocycles. The average molecular weight is 222 g/mol. The monoisotopic (exact) mass is 222 g/mol. The molecule has 0 aliphatic rings. The summed E-state index contributed by atoms with van der Waals surface area (Å²) in [6, 6.07) is 0. The Morgan fingerprint density at radius 2 is 1.00 bits per heavy atom. The minimum absolute atomic E-state index is 0.279. The molecule has 0 aliphatic heterocycles. The van der Waals surface area contributed by atoms with Crippen molar-refractivity contribution in [1.29, 1.82) is 0 Å². The van der Waals surface area contributed by atoms with Crippen molar-refractivity contribution in [2.45, 2.75) is 51.4 Å². The molecule has 0 bridgehead atoms. The summed E-state index contributed by atoms with van der Waals surface area (Å²) < 4.78 is 0. The number of hydrogen-bond donors (Lipinski definition) is 2. The van der Waals surface area contributed by atoms with Crippen LogP contribution in [-0.2, 0) is 0 Å². The van der Waals surface area contributed by atoms with E-state index in [4.69, 9.17) is 10.2 Å². The van der Waals surface area contributed by atoms with Gasteiger partial charge in [-0.05, 0) is 37.5 Å². The largest absolute Gasteiger partial charge is 0.396 e. The molecule has 0 aliphatic carbocycles. The van der Waals surface area contributed by atoms with Gasteiger partial charge in [-0.25, -0.2) is 0 Å². The summed E-state index contributed by atoms with van der Waals surface area (Å²) in [5.74, 6) is 11.7. The normalized spacial score (nSPS) is 8.88. The molecule has 2 heteroatoms. The predicted octanol–water partition coefficient (Wildman–Crippen LogP) is 2.10. The molecule has 0 aromatic carbocycles. The first-order chi connectivity index (χ1) is 7.91. The lowest BCUT2D eigenvalue weighted by molar-refractivity contribution is 0.283. The fourth-order valence-corrected chi connectivity index (χ4v) is 1.22. The third-order valence-corrected chi connectivity index (χ3v) is 2.16. The topological polar surface area (TPSA) is 40.5 Å². The lowest BCUT2D eigenvalue weighted by Crippen LogP contribution is -1.81. The van der Waals surface area contributed by atoms with E-state index in [0.29, 0.717) is 0 Å². The van der Waals surface area contributed by atoms with Gasteiger partial charge in [0.1, 0.15) is 0 Å². The highest BCUT2D eigenvalue weighted by Crippen LogP contribution is 1.97. The fraction of sp³-hybridized carbons (Fsp3) is 0.714. The van der Waals surface area contributed by atoms with Crippen molar-refractivity contribution in [2.75, 3.05) is 13.2 Å². The quantitative estimate of drug-likeness (QED) is 0.488. The molecule has 2 nitrogen and oxygen atoms in total. The smallest absolute Gasteiger partial charge is 0.0431 e. The lowest BCUT2D eigenvalue weighted by Gasteiger charge is -1.91. The summed E-state index contributed by atoms with van der Waals surface area (Å²) >= 11 is 0. The third-order valence-electron chi connectivity index (χ3n) is 2.16. The van der Waals surface area contributed by atoms with Gasteiger partial charge in [-0.15, -0.1) is 0 Å². The Morgan fingerprint density at radius 3 is 1.38 bits per heavy atom. The second-order valence-corrected chi connectivity index (χ2v) is 3.67. The molecule has 0 aromatic rings. The number of aliphatic hydroxyl groups excluding tert-OH is 2. The molecular weight excluding hydrogens is 200 g/mol. The predicted molar refractivity (Wildman–Crippen MR) is 66.7 cm³/mol. The minimum Gasteiger partial charge on any atom is -0.396 e. The van der Waals surface area contributed by atoms with Crippen molar-refractivity contribution in [2.24, 2.45) is 0 Å². The van der Waals surface area contributed by atoms with Gasteiger partial charge in [-0.1, -0.05) is 24.7 Å². The van der Waals surface area contributed by atoms with Crippen LogP contribution in [0.5, 0.6) is 0 Å². The molecular formula is C14H22O2. The van der Waals surface area contributed by atoms with E-state index in [9.17, 15) is 0 Å². The standard InChI is InChI=1S/C14H22O2/c15-13-11-9-7-5-3-1-2-4-6-8-10-12-14-16/h15-16H,5-14H2. The Labute approximate surface area is 99.1 Å². The molecule has 0 atom stereocenters. The van der Waals surface area contributed by atoms with Crippen LogP contribution in [0.25, 0.3) is 0 Å². The molecule has 0 heterocycles. The van der Waals surface area contributed by atoms with Crippen molar-refractivity contribution in [3.05, 3.63) is 0 Å². The van der Waals surface area contributed by atoms with Gasteiger partial charge >= 0.3 is 0 Å². The van der Waals surface area contributed by atoms with Crippen LogP contribution in [-0.4, -0.2) is 23.4 Å². The van der Waals surface area contributed by atoms with Crippen LogP contribution in [0.1, 0.15) is 51.4 Å². The maximum Gasteiger partial charge on any atom is 0.0431 e. The SMILES string of the molecule is OCCCCCC#CC#CCCCCCO. The molecule has 0 saturated heterocycles. The molecule has 0 unspecified atom stereocenters. The highest BCUT2D eigenvalue weighted by molar-refractivity contribution is 5.25. The Balaban J connectivity index is 3.27. The van der Waals surface area contributed by atoms with Crippen molar-refractivity contribution < 1.29 is 10.2 Å². The summed E-state index contributed by atoms with van der Waals surface area (Å²) in [5, 5.41) is 17.1. The lowest BCUT2D eigenvalue weighted by atomic mass is 10.2. The van der Waals surface area contributed by atoms with Crippen LogP contribution in [0.3, 0.4) is 0 Å². The second-order valence-electron chi connectivity index (χ2n) is 3.67. The first-order valence-electron chi connectivity index (χ1n) is 6.09. The molecule has 2 N–H and O–H groups in total. The average Bonchev–Trinajstić information content (AvgIpc) is 2.31. The van der Waals surface area contributed by atoms with E-state index in [1.165, 1.54) is 0 Å². The molecule has 0 spiro atoms. The van der Waals surface area contributed by atoms with E-state index in [-0.39, 0.29) is 13.2 Å². The van der Waals surface area contributed by atoms with Gasteiger partial charge in [0.05, 0.1) is 0 Å². The maximum absolute atomic E-state index is 8.55. The van der Waals surface area contributed by atoms with Crippen molar-refractivity contribution in [1.82, 2.24) is 0 Å². The highest BCUT2D eigenvalue weighted by Gasteiger charge is 1.84. The van der Waals surface area contributed by atoms with Crippen molar-refractivity contribution in [3.63, 3.8) is 0 Å². The van der Waals surface area contributed by atoms with Crippen LogP contribution in [0.4, 0.5) is 0 Å². The van der Waals surface area contributed by atoms with Crippen molar-refractivity contribution in [3.8, 4) is 23.7 Å². The van der Waals surface area contributed by atoms with E-state index < -0.39 is 0 Å². The first kappa shape index (κ1) is 15.0. The van der Waals surface area contributed by atoms with E-state index >= 15 is 0 Å². The van der Waals surface area contributed by atoms with Crippen molar-refractivity contribution >= 4 is 0 Å². The van der Waals surface area contributed by atoms with Crippen LogP contribution < -0.4 is 0 Å². The molecule has 0 fully saturated rings. The van der Waals surface area contributed by atoms with Crippen LogP contribution in [0.2, 0.25) is 0 Å². The maximum atomic E-state index is 8.55. The molecule has 0 aromatic heterocycles. The van der Waals surface area contributed by atoms with E-state index in [1.807, 2.05) is 0 Å². The van der Waals surface area contributed by atoms with Crippen LogP contribution in [0, 0.1) is 23.7 Å². The second kappa shape index (κ2) is 14.0. The Hall–Kier alpha value is -0.960. The Kier molecular flexibility index (Phi) is 13.2. The van der Waals surface area contributed by atoms with E-state index in [2.05, 4.69) is 23.7 Å². The zero-order valence-electron chi connectivity index (χ0n) is 9.97. The summed E-state index contributed by atoms with van der Waals surface area (Å²) in [7, 11) is 0. The molecule has 0 radical (unpaired) electrons. The summed E-state index contributed by atoms with van der Waals surface area (Å²) in [4.78, 5) is 0. The van der Waals surface area contributed by atoms with Crippen LogP contribution >= 0.6 is 0 Å². The zero-order chi connectivity index (χ0) is 11.9. The first-order valence-corrected chi connectivity index (χ1v) is 6.09. The molecule has 0 amide bonds. The van der Waals surface area contributed by atoms with Crippen LogP contribution in [0.15, 0.2) is 0 Å². The molecule has 16 heavy (non-hydrogen) atoms. The van der Waals surface area contributed by atoms with Gasteiger partial charge in [0, 0.05) is 26.1 Å². The fourth-order valence-electron chi connectivity index (χ4n) is 1.22. The Bertz CT molecular complexity index is 221. The summed E-state index contributed by atoms with van der Waals surface area (Å²) in [6.07, 6.45) is 7.67. The zero-order valence-corrected chi connectivity index (χ0v) is 9.97. The van der Waals surface area contributed by atoms with Gasteiger partial charge in [0.2, 0.25) is 0 Å². The summed E-state index contributed by atoms with van der Waals surface area (Å²) in [5.41, 5.74) is 0. The summed E-state index contributed by atoms with van der Waals surface area (Å²) in [6.45, 7) is 0.558. The minimum atomic E-state index is 0.279. The number of unbranched alkanes of at least 4 members (excludes halogenated alkanes) is 6.